The third kappa shape index (κ3) is 9.29. The maximum absolute atomic E-state index is 13.5. The summed E-state index contributed by atoms with van der Waals surface area (Å²) in [6.45, 7) is 0. The Morgan fingerprint density at radius 3 is 2.02 bits per heavy atom. The van der Waals surface area contributed by atoms with Crippen molar-refractivity contribution in [3.63, 3.8) is 0 Å². The minimum Gasteiger partial charge on any atom is -0.378 e. The van der Waals surface area contributed by atoms with Crippen LogP contribution in [0, 0.1) is 0 Å². The smallest absolute Gasteiger partial charge is 0.272 e. The van der Waals surface area contributed by atoms with Gasteiger partial charge in [0.25, 0.3) is 11.8 Å². The molecule has 5 aromatic rings. The van der Waals surface area contributed by atoms with Gasteiger partial charge in [0, 0.05) is 41.0 Å². The molecule has 1 unspecified atom stereocenters. The van der Waals surface area contributed by atoms with E-state index in [1.165, 1.54) is 11.8 Å². The quantitative estimate of drug-likeness (QED) is 0.0949. The highest BCUT2D eigenvalue weighted by Crippen LogP contribution is 2.37. The van der Waals surface area contributed by atoms with Crippen molar-refractivity contribution >= 4 is 75.8 Å². The third-order valence-electron chi connectivity index (χ3n) is 7.14. The predicted molar refractivity (Wildman–Crippen MR) is 198 cm³/mol. The molecule has 242 valence electrons. The van der Waals surface area contributed by atoms with E-state index in [1.807, 2.05) is 91.8 Å². The molecule has 0 aliphatic heterocycles. The Morgan fingerprint density at radius 2 is 1.40 bits per heavy atom. The van der Waals surface area contributed by atoms with Gasteiger partial charge in [-0.1, -0.05) is 83.9 Å². The Balaban J connectivity index is 1.33. The second-order valence-electron chi connectivity index (χ2n) is 10.9. The highest BCUT2D eigenvalue weighted by atomic mass is 35.5. The van der Waals surface area contributed by atoms with Gasteiger partial charge in [0.2, 0.25) is 5.91 Å². The van der Waals surface area contributed by atoms with Gasteiger partial charge in [-0.05, 0) is 83.9 Å². The molecule has 0 fully saturated rings. The number of halogens is 2. The molecule has 1 atom stereocenters. The molecular weight excluding hydrogens is 663 g/mol. The van der Waals surface area contributed by atoms with Crippen molar-refractivity contribution < 1.29 is 14.4 Å². The van der Waals surface area contributed by atoms with E-state index in [-0.39, 0.29) is 11.6 Å². The van der Waals surface area contributed by atoms with E-state index in [4.69, 9.17) is 23.2 Å². The second kappa shape index (κ2) is 16.2. The number of carbonyl (C=O) groups excluding carboxylic acids is 3. The van der Waals surface area contributed by atoms with Crippen molar-refractivity contribution in [2.75, 3.05) is 29.6 Å². The largest absolute Gasteiger partial charge is 0.378 e. The minimum absolute atomic E-state index is 0.0848. The summed E-state index contributed by atoms with van der Waals surface area (Å²) in [7, 11) is 3.89. The molecule has 0 aliphatic carbocycles. The number of nitrogens with zero attached hydrogens (tertiary/aromatic N) is 1. The SMILES string of the molecule is CN(C)c1ccc(/C=C(\NC(=O)c2ccccc2)C(=O)Nc2ccc(SC(C(=O)Nc3ccc(Cl)cc3Cl)c3ccccc3)cc2)cc1. The monoisotopic (exact) mass is 694 g/mol. The fourth-order valence-electron chi connectivity index (χ4n) is 4.62. The number of thioether (sulfide) groups is 1. The van der Waals surface area contributed by atoms with Gasteiger partial charge < -0.3 is 20.9 Å². The lowest BCUT2D eigenvalue weighted by molar-refractivity contribution is -0.116. The van der Waals surface area contributed by atoms with Crippen LogP contribution in [-0.2, 0) is 9.59 Å². The first kappa shape index (κ1) is 34.3. The maximum atomic E-state index is 13.5. The molecule has 3 amide bonds. The molecule has 0 radical (unpaired) electrons. The zero-order valence-corrected chi connectivity index (χ0v) is 28.4. The van der Waals surface area contributed by atoms with Crippen LogP contribution >= 0.6 is 35.0 Å². The predicted octanol–water partition coefficient (Wildman–Crippen LogP) is 8.94. The van der Waals surface area contributed by atoms with Crippen LogP contribution in [0.2, 0.25) is 10.0 Å². The molecule has 48 heavy (non-hydrogen) atoms. The Hall–Kier alpha value is -5.02. The molecule has 0 bridgehead atoms. The molecule has 0 aliphatic rings. The van der Waals surface area contributed by atoms with Crippen molar-refractivity contribution in [3.8, 4) is 0 Å². The normalized spacial score (nSPS) is 11.7. The van der Waals surface area contributed by atoms with Crippen molar-refractivity contribution in [2.24, 2.45) is 0 Å². The number of hydrogen-bond donors (Lipinski definition) is 3. The van der Waals surface area contributed by atoms with Crippen LogP contribution in [0.5, 0.6) is 0 Å². The third-order valence-corrected chi connectivity index (χ3v) is 8.96. The van der Waals surface area contributed by atoms with Crippen LogP contribution in [0.4, 0.5) is 17.1 Å². The summed E-state index contributed by atoms with van der Waals surface area (Å²) in [5, 5.41) is 8.78. The molecule has 0 spiro atoms. The summed E-state index contributed by atoms with van der Waals surface area (Å²) in [6, 6.07) is 37.8. The Kier molecular flexibility index (Phi) is 11.6. The zero-order chi connectivity index (χ0) is 34.0. The average molecular weight is 696 g/mol. The van der Waals surface area contributed by atoms with Gasteiger partial charge in [0.1, 0.15) is 10.9 Å². The summed E-state index contributed by atoms with van der Waals surface area (Å²) in [4.78, 5) is 42.9. The minimum atomic E-state index is -0.597. The van der Waals surface area contributed by atoms with Crippen molar-refractivity contribution in [1.82, 2.24) is 5.32 Å². The summed E-state index contributed by atoms with van der Waals surface area (Å²) >= 11 is 13.7. The van der Waals surface area contributed by atoms with Crippen molar-refractivity contribution in [2.45, 2.75) is 10.1 Å². The molecule has 0 aromatic heterocycles. The molecule has 10 heteroatoms. The molecule has 5 aromatic carbocycles. The lowest BCUT2D eigenvalue weighted by Gasteiger charge is -2.18. The highest BCUT2D eigenvalue weighted by Gasteiger charge is 2.23. The fourth-order valence-corrected chi connectivity index (χ4v) is 6.10. The standard InChI is InChI=1S/C38H32Cl2N4O3S/c1-44(2)30-18-13-25(14-19-30)23-34(43-36(45)27-11-7-4-8-12-27)37(46)41-29-16-20-31(21-17-29)48-35(26-9-5-3-6-10-26)38(47)42-33-22-15-28(39)24-32(33)40/h3-24,35H,1-2H3,(H,41,46)(H,42,47)(H,43,45)/b34-23-. The van der Waals surface area contributed by atoms with Crippen LogP contribution in [0.25, 0.3) is 6.08 Å². The lowest BCUT2D eigenvalue weighted by Crippen LogP contribution is -2.30. The Morgan fingerprint density at radius 1 is 0.750 bits per heavy atom. The topological polar surface area (TPSA) is 90.5 Å². The number of nitrogens with one attached hydrogen (secondary N) is 3. The highest BCUT2D eigenvalue weighted by molar-refractivity contribution is 8.00. The number of carbonyl (C=O) groups is 3. The fraction of sp³-hybridized carbons (Fsp3) is 0.0789. The number of amides is 3. The van der Waals surface area contributed by atoms with Crippen LogP contribution < -0.4 is 20.9 Å². The van der Waals surface area contributed by atoms with Crippen LogP contribution in [0.1, 0.15) is 26.7 Å². The van der Waals surface area contributed by atoms with E-state index in [1.54, 1.807) is 60.7 Å². The van der Waals surface area contributed by atoms with E-state index < -0.39 is 17.1 Å². The van der Waals surface area contributed by atoms with Gasteiger partial charge in [0.05, 0.1) is 10.7 Å². The lowest BCUT2D eigenvalue weighted by atomic mass is 10.1. The molecule has 0 saturated carbocycles. The van der Waals surface area contributed by atoms with Gasteiger partial charge in [0.15, 0.2) is 0 Å². The summed E-state index contributed by atoms with van der Waals surface area (Å²) < 4.78 is 0. The maximum Gasteiger partial charge on any atom is 0.272 e. The van der Waals surface area contributed by atoms with E-state index in [0.29, 0.717) is 27.0 Å². The molecular formula is C38H32Cl2N4O3S. The number of rotatable bonds is 11. The number of hydrogen-bond acceptors (Lipinski definition) is 5. The first-order chi connectivity index (χ1) is 23.2. The van der Waals surface area contributed by atoms with E-state index >= 15 is 0 Å². The Labute approximate surface area is 294 Å². The van der Waals surface area contributed by atoms with Gasteiger partial charge in [-0.25, -0.2) is 0 Å². The summed E-state index contributed by atoms with van der Waals surface area (Å²) in [5.41, 5.74) is 4.05. The van der Waals surface area contributed by atoms with Crippen molar-refractivity contribution in [1.29, 1.82) is 0 Å². The van der Waals surface area contributed by atoms with Crippen molar-refractivity contribution in [3.05, 3.63) is 160 Å². The number of anilines is 3. The molecule has 7 nitrogen and oxygen atoms in total. The molecule has 5 rings (SSSR count). The Bertz CT molecular complexity index is 1920. The van der Waals surface area contributed by atoms with Gasteiger partial charge in [-0.2, -0.15) is 0 Å². The first-order valence-electron chi connectivity index (χ1n) is 14.9. The summed E-state index contributed by atoms with van der Waals surface area (Å²) in [6.07, 6.45) is 1.63. The zero-order valence-electron chi connectivity index (χ0n) is 26.1. The number of benzene rings is 5. The average Bonchev–Trinajstić information content (AvgIpc) is 3.09. The van der Waals surface area contributed by atoms with Crippen LogP contribution in [0.15, 0.2) is 138 Å². The molecule has 0 heterocycles. The molecule has 3 N–H and O–H groups in total. The second-order valence-corrected chi connectivity index (χ2v) is 12.9. The summed E-state index contributed by atoms with van der Waals surface area (Å²) in [5.74, 6) is -1.15. The molecule has 0 saturated heterocycles. The van der Waals surface area contributed by atoms with E-state index in [9.17, 15) is 14.4 Å². The van der Waals surface area contributed by atoms with Gasteiger partial charge in [-0.15, -0.1) is 11.8 Å². The van der Waals surface area contributed by atoms with E-state index in [0.717, 1.165) is 21.7 Å². The first-order valence-corrected chi connectivity index (χ1v) is 16.5. The van der Waals surface area contributed by atoms with Crippen LogP contribution in [0.3, 0.4) is 0 Å². The van der Waals surface area contributed by atoms with Gasteiger partial charge >= 0.3 is 0 Å². The van der Waals surface area contributed by atoms with Crippen LogP contribution in [-0.4, -0.2) is 31.8 Å². The van der Waals surface area contributed by atoms with Gasteiger partial charge in [-0.3, -0.25) is 14.4 Å². The van der Waals surface area contributed by atoms with E-state index in [2.05, 4.69) is 16.0 Å².